The van der Waals surface area contributed by atoms with Crippen LogP contribution in [-0.2, 0) is 27.6 Å². The number of morpholine rings is 1. The second-order valence-electron chi connectivity index (χ2n) is 6.35. The lowest BCUT2D eigenvalue weighted by Crippen LogP contribution is -2.39. The molecule has 2 aliphatic rings. The predicted molar refractivity (Wildman–Crippen MR) is 107 cm³/mol. The number of aromatic nitrogens is 2. The summed E-state index contributed by atoms with van der Waals surface area (Å²) in [5.41, 5.74) is 1.71. The Morgan fingerprint density at radius 1 is 1.26 bits per heavy atom. The predicted octanol–water partition coefficient (Wildman–Crippen LogP) is 2.48. The first-order chi connectivity index (χ1) is 13.1. The molecule has 7 nitrogen and oxygen atoms in total. The average molecular weight is 401 g/mol. The molecule has 27 heavy (non-hydrogen) atoms. The third-order valence-corrected chi connectivity index (χ3v) is 8.70. The number of aryl methyl sites for hydroxylation is 2. The van der Waals surface area contributed by atoms with E-state index in [1.165, 1.54) is 0 Å². The molecule has 1 saturated heterocycles. The van der Waals surface area contributed by atoms with E-state index < -0.39 is 6.42 Å². The summed E-state index contributed by atoms with van der Waals surface area (Å²) in [5, 5.41) is 14.5. The molecule has 9 heteroatoms. The smallest absolute Gasteiger partial charge is 0.227 e. The van der Waals surface area contributed by atoms with Crippen molar-refractivity contribution >= 4 is 35.2 Å². The summed E-state index contributed by atoms with van der Waals surface area (Å²) in [6.45, 7) is 5.14. The van der Waals surface area contributed by atoms with Crippen molar-refractivity contribution in [2.45, 2.75) is 19.9 Å². The van der Waals surface area contributed by atoms with E-state index in [0.717, 1.165) is 35.5 Å². The minimum atomic E-state index is -2.56. The lowest BCUT2D eigenvalue weighted by atomic mass is 10.2. The number of rotatable bonds is 4. The monoisotopic (exact) mass is 401 g/mol. The zero-order valence-electron chi connectivity index (χ0n) is 15.0. The van der Waals surface area contributed by atoms with Crippen LogP contribution < -0.4 is 5.30 Å². The van der Waals surface area contributed by atoms with Crippen molar-refractivity contribution in [3.8, 4) is 6.07 Å². The van der Waals surface area contributed by atoms with E-state index in [1.807, 2.05) is 37.3 Å². The number of hydrogen-bond donors (Lipinski definition) is 0. The van der Waals surface area contributed by atoms with Crippen LogP contribution in [0.1, 0.15) is 17.7 Å². The molecule has 0 amide bonds. The molecule has 0 unspecified atom stereocenters. The normalized spacial score (nSPS) is 22.4. The summed E-state index contributed by atoms with van der Waals surface area (Å²) in [4.78, 5) is 4.77. The maximum absolute atomic E-state index is 8.99. The third-order valence-electron chi connectivity index (χ3n) is 4.59. The van der Waals surface area contributed by atoms with Gasteiger partial charge in [-0.3, -0.25) is 0 Å². The molecule has 0 spiro atoms. The summed E-state index contributed by atoms with van der Waals surface area (Å²) < 4.78 is 16.0. The summed E-state index contributed by atoms with van der Waals surface area (Å²) >= 11 is 6.18. The van der Waals surface area contributed by atoms with Crippen molar-refractivity contribution in [1.29, 1.82) is 5.26 Å². The second kappa shape index (κ2) is 7.53. The van der Waals surface area contributed by atoms with Crippen LogP contribution in [0.15, 0.2) is 35.3 Å². The van der Waals surface area contributed by atoms with Gasteiger partial charge in [-0.2, -0.15) is 15.4 Å². The fraction of sp³-hybridized carbons (Fsp3) is 0.389. The van der Waals surface area contributed by atoms with E-state index in [0.29, 0.717) is 32.1 Å². The number of fused-ring (bicyclic) bond motifs is 1. The van der Waals surface area contributed by atoms with E-state index >= 15 is 0 Å². The van der Waals surface area contributed by atoms with Crippen molar-refractivity contribution in [2.24, 2.45) is 4.99 Å². The number of hydrogen-bond acceptors (Lipinski definition) is 6. The van der Waals surface area contributed by atoms with Gasteiger partial charge in [0.05, 0.1) is 37.9 Å². The standard InChI is InChI=1S/C18H20N5O2PS/c1-14-16-17(23(21-14)9-5-8-19)20-18(15-6-3-2-4-7-15)25-26(16,27)22-10-12-24-13-11-22/h2-4,6-7H,5,9-13H2,1H3/t26-/m0/s1. The highest BCUT2D eigenvalue weighted by Gasteiger charge is 2.41. The van der Waals surface area contributed by atoms with Crippen LogP contribution in [0.3, 0.4) is 0 Å². The maximum Gasteiger partial charge on any atom is 0.227 e. The zero-order valence-corrected chi connectivity index (χ0v) is 16.7. The molecule has 2 aliphatic heterocycles. The number of aliphatic imine (C=N–C) groups is 1. The molecule has 1 fully saturated rings. The van der Waals surface area contributed by atoms with Crippen LogP contribution in [0.25, 0.3) is 0 Å². The number of nitrogens with zero attached hydrogens (tertiary/aromatic N) is 5. The third kappa shape index (κ3) is 3.32. The van der Waals surface area contributed by atoms with Crippen LogP contribution in [0.2, 0.25) is 0 Å². The summed E-state index contributed by atoms with van der Waals surface area (Å²) in [5.74, 6) is 1.25. The number of benzene rings is 1. The van der Waals surface area contributed by atoms with Crippen molar-refractivity contribution in [2.75, 3.05) is 26.3 Å². The van der Waals surface area contributed by atoms with Gasteiger partial charge in [0.15, 0.2) is 5.82 Å². The summed E-state index contributed by atoms with van der Waals surface area (Å²) in [7, 11) is 0. The van der Waals surface area contributed by atoms with Crippen LogP contribution in [0.4, 0.5) is 5.82 Å². The summed E-state index contributed by atoms with van der Waals surface area (Å²) in [6, 6.07) is 12.0. The first kappa shape index (κ1) is 18.3. The van der Waals surface area contributed by atoms with Gasteiger partial charge in [-0.25, -0.2) is 9.35 Å². The molecule has 4 rings (SSSR count). The second-order valence-corrected chi connectivity index (χ2v) is 10.1. The molecule has 0 N–H and O–H groups in total. The highest BCUT2D eigenvalue weighted by Crippen LogP contribution is 2.56. The van der Waals surface area contributed by atoms with E-state index in [9.17, 15) is 0 Å². The van der Waals surface area contributed by atoms with Gasteiger partial charge in [-0.1, -0.05) is 18.2 Å². The quantitative estimate of drug-likeness (QED) is 0.733. The molecule has 1 aromatic carbocycles. The van der Waals surface area contributed by atoms with Gasteiger partial charge < -0.3 is 9.26 Å². The number of ether oxygens (including phenoxy) is 1. The van der Waals surface area contributed by atoms with Crippen molar-refractivity contribution < 1.29 is 9.26 Å². The highest BCUT2D eigenvalue weighted by molar-refractivity contribution is 8.15. The minimum absolute atomic E-state index is 0.366. The first-order valence-corrected chi connectivity index (χ1v) is 11.5. The Hall–Kier alpha value is -2.04. The SMILES string of the molecule is Cc1nn(CCC#N)c2c1[P@](=S)(N1CCOCC1)OC(c1ccccc1)=N2. The van der Waals surface area contributed by atoms with Crippen molar-refractivity contribution in [1.82, 2.24) is 14.5 Å². The van der Waals surface area contributed by atoms with Crippen molar-refractivity contribution in [3.05, 3.63) is 41.6 Å². The molecule has 140 valence electrons. The van der Waals surface area contributed by atoms with Crippen LogP contribution in [0, 0.1) is 18.3 Å². The Bertz CT molecular complexity index is 960. The minimum Gasteiger partial charge on any atom is -0.431 e. The van der Waals surface area contributed by atoms with Gasteiger partial charge in [0.2, 0.25) is 12.3 Å². The number of nitriles is 1. The van der Waals surface area contributed by atoms with E-state index in [-0.39, 0.29) is 0 Å². The van der Waals surface area contributed by atoms with Crippen LogP contribution in [-0.4, -0.2) is 46.7 Å². The van der Waals surface area contributed by atoms with Gasteiger partial charge in [-0.05, 0) is 30.9 Å². The Labute approximate surface area is 163 Å². The molecule has 0 bridgehead atoms. The van der Waals surface area contributed by atoms with Gasteiger partial charge in [-0.15, -0.1) is 0 Å². The molecular weight excluding hydrogens is 381 g/mol. The zero-order chi connectivity index (χ0) is 18.9. The van der Waals surface area contributed by atoms with Crippen LogP contribution >= 0.6 is 6.42 Å². The topological polar surface area (TPSA) is 75.7 Å². The van der Waals surface area contributed by atoms with Gasteiger partial charge in [0, 0.05) is 18.7 Å². The van der Waals surface area contributed by atoms with Crippen molar-refractivity contribution in [3.63, 3.8) is 0 Å². The molecular formula is C18H20N5O2PS. The Morgan fingerprint density at radius 3 is 2.70 bits per heavy atom. The first-order valence-electron chi connectivity index (χ1n) is 8.85. The lowest BCUT2D eigenvalue weighted by molar-refractivity contribution is 0.0723. The average Bonchev–Trinajstić information content (AvgIpc) is 3.04. The summed E-state index contributed by atoms with van der Waals surface area (Å²) in [6.07, 6.45) is -2.19. The molecule has 0 saturated carbocycles. The van der Waals surface area contributed by atoms with Gasteiger partial charge in [0.25, 0.3) is 0 Å². The molecule has 1 aromatic heterocycles. The highest BCUT2D eigenvalue weighted by atomic mass is 32.4. The molecule has 0 radical (unpaired) electrons. The Morgan fingerprint density at radius 2 is 2.00 bits per heavy atom. The fourth-order valence-corrected chi connectivity index (χ4v) is 7.08. The lowest BCUT2D eigenvalue weighted by Gasteiger charge is -2.38. The van der Waals surface area contributed by atoms with Gasteiger partial charge in [0.1, 0.15) is 5.30 Å². The molecule has 2 aromatic rings. The Balaban J connectivity index is 1.86. The van der Waals surface area contributed by atoms with Gasteiger partial charge >= 0.3 is 0 Å². The van der Waals surface area contributed by atoms with E-state index in [1.54, 1.807) is 4.68 Å². The Kier molecular flexibility index (Phi) is 5.11. The van der Waals surface area contributed by atoms with E-state index in [4.69, 9.17) is 31.3 Å². The largest absolute Gasteiger partial charge is 0.431 e. The van der Waals surface area contributed by atoms with E-state index in [2.05, 4.69) is 15.8 Å². The maximum atomic E-state index is 8.99. The van der Waals surface area contributed by atoms with Crippen LogP contribution in [0.5, 0.6) is 0 Å². The fourth-order valence-electron chi connectivity index (χ4n) is 3.31. The molecule has 1 atom stereocenters. The molecule has 0 aliphatic carbocycles. The molecule has 3 heterocycles.